The van der Waals surface area contributed by atoms with Crippen molar-refractivity contribution in [1.29, 1.82) is 0 Å². The fourth-order valence-corrected chi connectivity index (χ4v) is 1.41. The van der Waals surface area contributed by atoms with Gasteiger partial charge in [0.1, 0.15) is 5.60 Å². The third-order valence-electron chi connectivity index (χ3n) is 2.02. The molecule has 0 amide bonds. The Morgan fingerprint density at radius 2 is 2.00 bits per heavy atom. The largest absolute Gasteiger partial charge is 0.466 e. The van der Waals surface area contributed by atoms with Crippen molar-refractivity contribution < 1.29 is 19.1 Å². The van der Waals surface area contributed by atoms with Crippen LogP contribution in [0, 0.1) is 0 Å². The van der Waals surface area contributed by atoms with Crippen LogP contribution in [0.1, 0.15) is 20.8 Å². The zero-order chi connectivity index (χ0) is 10.2. The number of rotatable bonds is 1. The normalized spacial score (nSPS) is 20.2. The van der Waals surface area contributed by atoms with Crippen LogP contribution in [-0.4, -0.2) is 24.6 Å². The molecule has 0 atom stereocenters. The second kappa shape index (κ2) is 2.87. The van der Waals surface area contributed by atoms with Crippen LogP contribution in [0.5, 0.6) is 0 Å². The van der Waals surface area contributed by atoms with Crippen molar-refractivity contribution in [3.8, 4) is 0 Å². The zero-order valence-electron chi connectivity index (χ0n) is 8.13. The van der Waals surface area contributed by atoms with Gasteiger partial charge < -0.3 is 9.47 Å². The first-order valence-electron chi connectivity index (χ1n) is 3.93. The quantitative estimate of drug-likeness (QED) is 0.566. The maximum atomic E-state index is 11.3. The Hall–Kier alpha value is -1.32. The van der Waals surface area contributed by atoms with Crippen LogP contribution in [0.2, 0.25) is 0 Å². The van der Waals surface area contributed by atoms with E-state index < -0.39 is 17.5 Å². The molecule has 0 aromatic carbocycles. The second-order valence-corrected chi connectivity index (χ2v) is 3.39. The van der Waals surface area contributed by atoms with E-state index in [-0.39, 0.29) is 0 Å². The lowest BCUT2D eigenvalue weighted by Gasteiger charge is -2.19. The number of carbonyl (C=O) groups is 2. The Morgan fingerprint density at radius 1 is 1.46 bits per heavy atom. The van der Waals surface area contributed by atoms with E-state index in [0.29, 0.717) is 11.1 Å². The molecule has 1 aliphatic heterocycles. The van der Waals surface area contributed by atoms with E-state index in [4.69, 9.17) is 4.74 Å². The predicted octanol–water partition coefficient (Wildman–Crippen LogP) is 0.811. The van der Waals surface area contributed by atoms with Gasteiger partial charge in [0.25, 0.3) is 0 Å². The summed E-state index contributed by atoms with van der Waals surface area (Å²) >= 11 is 0. The van der Waals surface area contributed by atoms with Gasteiger partial charge >= 0.3 is 11.9 Å². The highest BCUT2D eigenvalue weighted by molar-refractivity contribution is 6.04. The minimum absolute atomic E-state index is 0.306. The number of hydrogen-bond donors (Lipinski definition) is 0. The van der Waals surface area contributed by atoms with E-state index in [0.717, 1.165) is 0 Å². The van der Waals surface area contributed by atoms with Crippen molar-refractivity contribution in [2.24, 2.45) is 0 Å². The molecule has 4 nitrogen and oxygen atoms in total. The van der Waals surface area contributed by atoms with Gasteiger partial charge in [-0.15, -0.1) is 0 Å². The van der Waals surface area contributed by atoms with Crippen LogP contribution in [0.4, 0.5) is 0 Å². The van der Waals surface area contributed by atoms with Crippen LogP contribution in [0.3, 0.4) is 0 Å². The number of cyclic esters (lactones) is 1. The molecule has 0 saturated carbocycles. The van der Waals surface area contributed by atoms with Gasteiger partial charge in [-0.1, -0.05) is 0 Å². The van der Waals surface area contributed by atoms with Crippen LogP contribution in [0.15, 0.2) is 11.1 Å². The molecule has 0 aromatic heterocycles. The van der Waals surface area contributed by atoms with E-state index in [1.165, 1.54) is 7.11 Å². The highest BCUT2D eigenvalue weighted by Gasteiger charge is 2.42. The molecule has 1 aliphatic rings. The highest BCUT2D eigenvalue weighted by Crippen LogP contribution is 2.32. The molecule has 0 aromatic rings. The Bertz CT molecular complexity index is 299. The summed E-state index contributed by atoms with van der Waals surface area (Å²) in [6.07, 6.45) is 0. The summed E-state index contributed by atoms with van der Waals surface area (Å²) in [6, 6.07) is 0. The summed E-state index contributed by atoms with van der Waals surface area (Å²) in [7, 11) is 1.28. The third-order valence-corrected chi connectivity index (χ3v) is 2.02. The molecule has 1 rings (SSSR count). The maximum Gasteiger partial charge on any atom is 0.338 e. The molecular weight excluding hydrogens is 172 g/mol. The van der Waals surface area contributed by atoms with Gasteiger partial charge in [-0.2, -0.15) is 0 Å². The average molecular weight is 184 g/mol. The Kier molecular flexibility index (Phi) is 2.15. The summed E-state index contributed by atoms with van der Waals surface area (Å²) in [4.78, 5) is 22.4. The number of carbonyl (C=O) groups excluding carboxylic acids is 2. The molecule has 0 spiro atoms. The summed E-state index contributed by atoms with van der Waals surface area (Å²) < 4.78 is 9.54. The molecular formula is C9H12O4. The summed E-state index contributed by atoms with van der Waals surface area (Å²) in [5, 5.41) is 0. The molecule has 4 heteroatoms. The number of esters is 2. The van der Waals surface area contributed by atoms with Crippen LogP contribution >= 0.6 is 0 Å². The van der Waals surface area contributed by atoms with Crippen molar-refractivity contribution in [2.45, 2.75) is 26.4 Å². The topological polar surface area (TPSA) is 52.6 Å². The van der Waals surface area contributed by atoms with Gasteiger partial charge in [-0.3, -0.25) is 0 Å². The predicted molar refractivity (Wildman–Crippen MR) is 44.9 cm³/mol. The maximum absolute atomic E-state index is 11.3. The highest BCUT2D eigenvalue weighted by atomic mass is 16.6. The summed E-state index contributed by atoms with van der Waals surface area (Å²) in [5.74, 6) is -0.959. The van der Waals surface area contributed by atoms with Gasteiger partial charge in [0.2, 0.25) is 0 Å². The van der Waals surface area contributed by atoms with Crippen LogP contribution < -0.4 is 0 Å². The minimum atomic E-state index is -0.867. The average Bonchev–Trinajstić information content (AvgIpc) is 2.21. The van der Waals surface area contributed by atoms with Crippen molar-refractivity contribution in [3.63, 3.8) is 0 Å². The first kappa shape index (κ1) is 9.77. The minimum Gasteiger partial charge on any atom is -0.466 e. The fourth-order valence-electron chi connectivity index (χ4n) is 1.41. The molecule has 0 aliphatic carbocycles. The van der Waals surface area contributed by atoms with Crippen molar-refractivity contribution in [1.82, 2.24) is 0 Å². The van der Waals surface area contributed by atoms with Crippen molar-refractivity contribution in [3.05, 3.63) is 11.1 Å². The summed E-state index contributed by atoms with van der Waals surface area (Å²) in [5.41, 5.74) is -0.231. The van der Waals surface area contributed by atoms with E-state index in [1.807, 2.05) is 0 Å². The lowest BCUT2D eigenvalue weighted by molar-refractivity contribution is -0.146. The molecule has 0 bridgehead atoms. The smallest absolute Gasteiger partial charge is 0.338 e. The number of ether oxygens (including phenoxy) is 2. The Morgan fingerprint density at radius 3 is 2.31 bits per heavy atom. The molecule has 0 unspecified atom stereocenters. The molecule has 72 valence electrons. The van der Waals surface area contributed by atoms with Crippen molar-refractivity contribution >= 4 is 11.9 Å². The number of hydrogen-bond acceptors (Lipinski definition) is 4. The molecule has 0 fully saturated rings. The van der Waals surface area contributed by atoms with Gasteiger partial charge in [0, 0.05) is 5.57 Å². The second-order valence-electron chi connectivity index (χ2n) is 3.39. The number of methoxy groups -OCH3 is 1. The Labute approximate surface area is 76.5 Å². The van der Waals surface area contributed by atoms with E-state index in [2.05, 4.69) is 4.74 Å². The SMILES string of the molecule is COC(=O)C1=C(C)C(=O)OC1(C)C. The third kappa shape index (κ3) is 1.43. The van der Waals surface area contributed by atoms with Gasteiger partial charge in [-0.05, 0) is 20.8 Å². The first-order valence-corrected chi connectivity index (χ1v) is 3.93. The first-order chi connectivity index (χ1) is 5.90. The van der Waals surface area contributed by atoms with Crippen LogP contribution in [0.25, 0.3) is 0 Å². The van der Waals surface area contributed by atoms with Gasteiger partial charge in [-0.25, -0.2) is 9.59 Å². The van der Waals surface area contributed by atoms with Crippen molar-refractivity contribution in [2.75, 3.05) is 7.11 Å². The summed E-state index contributed by atoms with van der Waals surface area (Å²) in [6.45, 7) is 4.88. The van der Waals surface area contributed by atoms with E-state index in [1.54, 1.807) is 20.8 Å². The van der Waals surface area contributed by atoms with E-state index >= 15 is 0 Å². The monoisotopic (exact) mass is 184 g/mol. The molecule has 0 radical (unpaired) electrons. The standard InChI is InChI=1S/C9H12O4/c1-5-6(8(11)12-4)9(2,3)13-7(5)10/h1-4H3. The zero-order valence-corrected chi connectivity index (χ0v) is 8.13. The van der Waals surface area contributed by atoms with E-state index in [9.17, 15) is 9.59 Å². The lowest BCUT2D eigenvalue weighted by atomic mass is 9.96. The molecule has 0 N–H and O–H groups in total. The lowest BCUT2D eigenvalue weighted by Crippen LogP contribution is -2.28. The fraction of sp³-hybridized carbons (Fsp3) is 0.556. The van der Waals surface area contributed by atoms with Gasteiger partial charge in [0.15, 0.2) is 0 Å². The molecule has 0 saturated heterocycles. The van der Waals surface area contributed by atoms with Gasteiger partial charge in [0.05, 0.1) is 12.7 Å². The Balaban J connectivity index is 3.16. The molecule has 1 heterocycles. The van der Waals surface area contributed by atoms with Crippen LogP contribution in [-0.2, 0) is 19.1 Å². The molecule has 13 heavy (non-hydrogen) atoms.